The van der Waals surface area contributed by atoms with E-state index in [0.717, 1.165) is 18.4 Å². The maximum atomic E-state index is 12.4. The summed E-state index contributed by atoms with van der Waals surface area (Å²) in [6, 6.07) is 9.90. The fraction of sp³-hybridized carbons (Fsp3) is 0.444. The van der Waals surface area contributed by atoms with E-state index in [1.165, 1.54) is 0 Å². The zero-order chi connectivity index (χ0) is 18.1. The lowest BCUT2D eigenvalue weighted by atomic mass is 9.88. The molecule has 2 aromatic rings. The highest BCUT2D eigenvalue weighted by molar-refractivity contribution is 5.81. The van der Waals surface area contributed by atoms with Gasteiger partial charge in [0.15, 0.2) is 0 Å². The third-order valence-corrected chi connectivity index (χ3v) is 4.81. The van der Waals surface area contributed by atoms with E-state index in [9.17, 15) is 14.7 Å². The molecule has 1 saturated carbocycles. The summed E-state index contributed by atoms with van der Waals surface area (Å²) in [4.78, 5) is 30.1. The second kappa shape index (κ2) is 6.78. The number of aromatic nitrogens is 2. The number of hydrogen-bond donors (Lipinski definition) is 2. The molecule has 26 heavy (non-hydrogen) atoms. The summed E-state index contributed by atoms with van der Waals surface area (Å²) < 4.78 is 5.35. The minimum Gasteiger partial charge on any atom is -0.481 e. The van der Waals surface area contributed by atoms with Gasteiger partial charge >= 0.3 is 12.0 Å². The van der Waals surface area contributed by atoms with Gasteiger partial charge in [-0.1, -0.05) is 35.5 Å². The Hall–Kier alpha value is -2.90. The molecule has 0 bridgehead atoms. The van der Waals surface area contributed by atoms with Gasteiger partial charge in [0.2, 0.25) is 11.7 Å². The van der Waals surface area contributed by atoms with Crippen molar-refractivity contribution < 1.29 is 19.2 Å². The van der Waals surface area contributed by atoms with Crippen molar-refractivity contribution in [3.63, 3.8) is 0 Å². The molecule has 1 aromatic carbocycles. The van der Waals surface area contributed by atoms with Crippen LogP contribution < -0.4 is 10.2 Å². The minimum atomic E-state index is -0.915. The maximum Gasteiger partial charge on any atom is 0.324 e. The summed E-state index contributed by atoms with van der Waals surface area (Å²) in [6.07, 6.45) is 2.31. The number of piperidine rings is 1. The number of benzene rings is 1. The number of carboxylic acid groups (broad SMARTS) is 1. The summed E-state index contributed by atoms with van der Waals surface area (Å²) in [5, 5.41) is 16.4. The number of anilines is 1. The number of rotatable bonds is 5. The quantitative estimate of drug-likeness (QED) is 0.836. The lowest BCUT2D eigenvalue weighted by molar-refractivity contribution is -0.143. The van der Waals surface area contributed by atoms with E-state index >= 15 is 0 Å². The summed E-state index contributed by atoms with van der Waals surface area (Å²) in [5.74, 6) is -1.62. The Labute approximate surface area is 150 Å². The summed E-state index contributed by atoms with van der Waals surface area (Å²) >= 11 is 0. The summed E-state index contributed by atoms with van der Waals surface area (Å²) in [7, 11) is 0. The molecule has 8 heteroatoms. The van der Waals surface area contributed by atoms with E-state index in [0.29, 0.717) is 18.8 Å². The molecule has 2 N–H and O–H groups in total. The van der Waals surface area contributed by atoms with Crippen molar-refractivity contribution in [3.05, 3.63) is 30.3 Å². The Morgan fingerprint density at radius 1 is 1.15 bits per heavy atom. The van der Waals surface area contributed by atoms with E-state index < -0.39 is 17.8 Å². The molecule has 1 aliphatic heterocycles. The largest absolute Gasteiger partial charge is 0.481 e. The lowest BCUT2D eigenvalue weighted by Crippen LogP contribution is -2.48. The van der Waals surface area contributed by atoms with Gasteiger partial charge in [-0.15, -0.1) is 0 Å². The van der Waals surface area contributed by atoms with Crippen molar-refractivity contribution in [1.29, 1.82) is 0 Å². The van der Waals surface area contributed by atoms with Crippen LogP contribution in [0.1, 0.15) is 19.3 Å². The second-order valence-corrected chi connectivity index (χ2v) is 6.92. The smallest absolute Gasteiger partial charge is 0.324 e. The number of nitrogens with one attached hydrogen (secondary N) is 1. The number of amides is 1. The molecule has 4 rings (SSSR count). The number of nitrogens with zero attached hydrogens (tertiary/aromatic N) is 3. The van der Waals surface area contributed by atoms with Crippen LogP contribution in [0.3, 0.4) is 0 Å². The molecule has 0 unspecified atom stereocenters. The molecular formula is C18H20N4O4. The Kier molecular flexibility index (Phi) is 4.32. The van der Waals surface area contributed by atoms with Crippen LogP contribution in [0.2, 0.25) is 0 Å². The fourth-order valence-electron chi connectivity index (χ4n) is 3.22. The highest BCUT2D eigenvalue weighted by Gasteiger charge is 2.38. The van der Waals surface area contributed by atoms with Crippen molar-refractivity contribution >= 4 is 17.9 Å². The van der Waals surface area contributed by atoms with E-state index in [1.807, 2.05) is 30.3 Å². The minimum absolute atomic E-state index is 0.0914. The van der Waals surface area contributed by atoms with Crippen molar-refractivity contribution in [3.8, 4) is 11.4 Å². The lowest BCUT2D eigenvalue weighted by Gasteiger charge is -2.34. The van der Waals surface area contributed by atoms with Gasteiger partial charge < -0.3 is 19.8 Å². The third kappa shape index (κ3) is 3.54. The first-order valence-corrected chi connectivity index (χ1v) is 8.77. The number of aliphatic carboxylic acids is 1. The predicted octanol–water partition coefficient (Wildman–Crippen LogP) is 1.54. The fourth-order valence-corrected chi connectivity index (χ4v) is 3.22. The monoisotopic (exact) mass is 356 g/mol. The number of carboxylic acids is 1. The van der Waals surface area contributed by atoms with Crippen LogP contribution in [0, 0.1) is 11.8 Å². The molecule has 1 amide bonds. The molecule has 136 valence electrons. The van der Waals surface area contributed by atoms with Crippen molar-refractivity contribution in [2.24, 2.45) is 11.8 Å². The first kappa shape index (κ1) is 16.6. The molecule has 0 radical (unpaired) electrons. The Morgan fingerprint density at radius 3 is 2.58 bits per heavy atom. The molecule has 1 saturated heterocycles. The maximum absolute atomic E-state index is 12.4. The topological polar surface area (TPSA) is 109 Å². The van der Waals surface area contributed by atoms with Crippen LogP contribution in [-0.2, 0) is 9.59 Å². The van der Waals surface area contributed by atoms with E-state index in [-0.39, 0.29) is 24.5 Å². The average Bonchev–Trinajstić information content (AvgIpc) is 3.33. The second-order valence-electron chi connectivity index (χ2n) is 6.92. The first-order chi connectivity index (χ1) is 12.6. The highest BCUT2D eigenvalue weighted by atomic mass is 16.5. The van der Waals surface area contributed by atoms with E-state index in [2.05, 4.69) is 15.5 Å². The molecule has 2 aliphatic rings. The Balaban J connectivity index is 1.53. The van der Waals surface area contributed by atoms with Gasteiger partial charge in [0.05, 0.1) is 11.8 Å². The van der Waals surface area contributed by atoms with Crippen LogP contribution in [0.4, 0.5) is 6.01 Å². The standard InChI is InChI=1S/C18H20N4O4/c23-16(19-14-6-7-14)12-8-13(17(24)25)10-22(9-12)18-20-15(21-26-18)11-4-2-1-3-5-11/h1-5,12-14H,6-10H2,(H,19,23)(H,24,25)/t12-,13+/m1/s1. The van der Waals surface area contributed by atoms with Crippen molar-refractivity contribution in [2.75, 3.05) is 18.0 Å². The summed E-state index contributed by atoms with van der Waals surface area (Å²) in [5.41, 5.74) is 0.817. The van der Waals surface area contributed by atoms with Gasteiger partial charge in [-0.25, -0.2) is 0 Å². The molecule has 1 aliphatic carbocycles. The van der Waals surface area contributed by atoms with Crippen LogP contribution in [-0.4, -0.2) is 46.3 Å². The molecule has 2 heterocycles. The molecular weight excluding hydrogens is 336 g/mol. The van der Waals surface area contributed by atoms with Gasteiger partial charge in [-0.05, 0) is 19.3 Å². The number of carbonyl (C=O) groups is 2. The molecule has 0 spiro atoms. The molecule has 1 aromatic heterocycles. The molecule has 2 fully saturated rings. The van der Waals surface area contributed by atoms with Gasteiger partial charge in [-0.2, -0.15) is 4.98 Å². The van der Waals surface area contributed by atoms with Gasteiger partial charge in [0.25, 0.3) is 0 Å². The van der Waals surface area contributed by atoms with E-state index in [4.69, 9.17) is 4.52 Å². The zero-order valence-electron chi connectivity index (χ0n) is 14.2. The van der Waals surface area contributed by atoms with Crippen molar-refractivity contribution in [1.82, 2.24) is 15.5 Å². The Morgan fingerprint density at radius 2 is 1.88 bits per heavy atom. The summed E-state index contributed by atoms with van der Waals surface area (Å²) in [6.45, 7) is 0.623. The number of carbonyl (C=O) groups excluding carboxylic acids is 1. The van der Waals surface area contributed by atoms with Gasteiger partial charge in [0, 0.05) is 24.7 Å². The van der Waals surface area contributed by atoms with Crippen LogP contribution in [0.15, 0.2) is 34.9 Å². The van der Waals surface area contributed by atoms with Crippen LogP contribution >= 0.6 is 0 Å². The highest BCUT2D eigenvalue weighted by Crippen LogP contribution is 2.29. The Bertz CT molecular complexity index is 803. The number of hydrogen-bond acceptors (Lipinski definition) is 6. The molecule has 2 atom stereocenters. The third-order valence-electron chi connectivity index (χ3n) is 4.81. The average molecular weight is 356 g/mol. The van der Waals surface area contributed by atoms with Crippen LogP contribution in [0.5, 0.6) is 0 Å². The zero-order valence-corrected chi connectivity index (χ0v) is 14.2. The SMILES string of the molecule is O=C(O)[C@H]1C[C@@H](C(=O)NC2CC2)CN(c2nc(-c3ccccc3)no2)C1. The van der Waals surface area contributed by atoms with Gasteiger partial charge in [-0.3, -0.25) is 9.59 Å². The predicted molar refractivity (Wildman–Crippen MR) is 92.3 cm³/mol. The first-order valence-electron chi connectivity index (χ1n) is 8.77. The van der Waals surface area contributed by atoms with E-state index in [1.54, 1.807) is 4.90 Å². The van der Waals surface area contributed by atoms with Crippen LogP contribution in [0.25, 0.3) is 11.4 Å². The normalized spacial score (nSPS) is 22.8. The molecule has 8 nitrogen and oxygen atoms in total. The van der Waals surface area contributed by atoms with Crippen molar-refractivity contribution in [2.45, 2.75) is 25.3 Å². The van der Waals surface area contributed by atoms with Gasteiger partial charge in [0.1, 0.15) is 0 Å².